The summed E-state index contributed by atoms with van der Waals surface area (Å²) in [6.45, 7) is 2.60. The molecule has 2 heterocycles. The predicted octanol–water partition coefficient (Wildman–Crippen LogP) is 2.01. The van der Waals surface area contributed by atoms with Crippen LogP contribution in [0.25, 0.3) is 5.57 Å². The first-order valence-corrected chi connectivity index (χ1v) is 8.13. The number of rotatable bonds is 2. The molecule has 0 atom stereocenters. The van der Waals surface area contributed by atoms with Gasteiger partial charge in [0.1, 0.15) is 5.75 Å². The van der Waals surface area contributed by atoms with Crippen LogP contribution in [0.15, 0.2) is 28.5 Å². The summed E-state index contributed by atoms with van der Waals surface area (Å²) in [5.41, 5.74) is 1.21. The van der Waals surface area contributed by atoms with E-state index in [0.717, 1.165) is 31.5 Å². The maximum absolute atomic E-state index is 12.1. The van der Waals surface area contributed by atoms with Crippen LogP contribution in [0.2, 0.25) is 0 Å². The Labute approximate surface area is 113 Å². The predicted molar refractivity (Wildman–Crippen MR) is 73.6 cm³/mol. The van der Waals surface area contributed by atoms with E-state index in [9.17, 15) is 13.5 Å². The summed E-state index contributed by atoms with van der Waals surface area (Å²) in [6.07, 6.45) is 3.57. The average molecular weight is 279 g/mol. The molecule has 0 aromatic heterocycles. The van der Waals surface area contributed by atoms with Crippen LogP contribution in [0.5, 0.6) is 5.75 Å². The van der Waals surface area contributed by atoms with Crippen molar-refractivity contribution in [3.05, 3.63) is 29.2 Å². The SMILES string of the molecule is O=S1(=O)C=C(CN2CCCCC2)c2c(O)cccc21. The number of hydrogen-bond donors (Lipinski definition) is 1. The Kier molecular flexibility index (Phi) is 3.11. The second-order valence-corrected chi connectivity index (χ2v) is 6.94. The standard InChI is InChI=1S/C14H17NO3S/c16-12-5-4-6-13-14(12)11(10-19(13,17)18)9-15-7-2-1-3-8-15/h4-6,10,16H,1-3,7-9H2. The smallest absolute Gasteiger partial charge is 0.200 e. The number of phenols is 1. The highest BCUT2D eigenvalue weighted by Crippen LogP contribution is 2.39. The number of aromatic hydroxyl groups is 1. The van der Waals surface area contributed by atoms with E-state index in [1.165, 1.54) is 11.8 Å². The first kappa shape index (κ1) is 12.7. The molecule has 0 amide bonds. The van der Waals surface area contributed by atoms with Gasteiger partial charge in [0, 0.05) is 17.5 Å². The minimum Gasteiger partial charge on any atom is -0.507 e. The van der Waals surface area contributed by atoms with E-state index < -0.39 is 9.84 Å². The number of benzene rings is 1. The van der Waals surface area contributed by atoms with Crippen molar-refractivity contribution < 1.29 is 13.5 Å². The highest BCUT2D eigenvalue weighted by molar-refractivity contribution is 7.95. The van der Waals surface area contributed by atoms with Crippen LogP contribution in [0.4, 0.5) is 0 Å². The molecule has 1 N–H and O–H groups in total. The van der Waals surface area contributed by atoms with Crippen molar-refractivity contribution in [1.29, 1.82) is 0 Å². The van der Waals surface area contributed by atoms with Gasteiger partial charge in [-0.25, -0.2) is 8.42 Å². The van der Waals surface area contributed by atoms with Crippen LogP contribution in [-0.2, 0) is 9.84 Å². The molecule has 0 spiro atoms. The molecule has 102 valence electrons. The summed E-state index contributed by atoms with van der Waals surface area (Å²) in [5, 5.41) is 11.3. The Balaban J connectivity index is 1.95. The monoisotopic (exact) mass is 279 g/mol. The van der Waals surface area contributed by atoms with Crippen LogP contribution < -0.4 is 0 Å². The second-order valence-electron chi connectivity index (χ2n) is 5.18. The van der Waals surface area contributed by atoms with Crippen molar-refractivity contribution in [2.75, 3.05) is 19.6 Å². The first-order chi connectivity index (χ1) is 9.08. The molecule has 0 saturated carbocycles. The molecule has 1 fully saturated rings. The highest BCUT2D eigenvalue weighted by Gasteiger charge is 2.30. The Morgan fingerprint density at radius 1 is 1.16 bits per heavy atom. The van der Waals surface area contributed by atoms with Crippen LogP contribution in [-0.4, -0.2) is 38.1 Å². The molecule has 2 aliphatic heterocycles. The number of fused-ring (bicyclic) bond motifs is 1. The summed E-state index contributed by atoms with van der Waals surface area (Å²) in [4.78, 5) is 2.49. The van der Waals surface area contributed by atoms with Gasteiger partial charge in [-0.05, 0) is 43.6 Å². The van der Waals surface area contributed by atoms with Gasteiger partial charge in [-0.2, -0.15) is 0 Å². The van der Waals surface area contributed by atoms with E-state index in [0.29, 0.717) is 12.1 Å². The third-order valence-electron chi connectivity index (χ3n) is 3.77. The van der Waals surface area contributed by atoms with Crippen LogP contribution in [0.3, 0.4) is 0 Å². The van der Waals surface area contributed by atoms with Crippen molar-refractivity contribution in [3.63, 3.8) is 0 Å². The number of sulfone groups is 1. The molecule has 4 nitrogen and oxygen atoms in total. The van der Waals surface area contributed by atoms with E-state index in [-0.39, 0.29) is 10.6 Å². The molecule has 0 bridgehead atoms. The molecule has 0 aliphatic carbocycles. The van der Waals surface area contributed by atoms with Crippen molar-refractivity contribution in [1.82, 2.24) is 4.90 Å². The van der Waals surface area contributed by atoms with Gasteiger partial charge in [-0.15, -0.1) is 0 Å². The third-order valence-corrected chi connectivity index (χ3v) is 5.32. The zero-order chi connectivity index (χ0) is 13.5. The molecular weight excluding hydrogens is 262 g/mol. The van der Waals surface area contributed by atoms with Gasteiger partial charge in [0.25, 0.3) is 0 Å². The molecule has 3 rings (SSSR count). The fraction of sp³-hybridized carbons (Fsp3) is 0.429. The van der Waals surface area contributed by atoms with Gasteiger partial charge >= 0.3 is 0 Å². The normalized spacial score (nSPS) is 22.0. The fourth-order valence-corrected chi connectivity index (χ4v) is 4.35. The fourth-order valence-electron chi connectivity index (χ4n) is 2.86. The van der Waals surface area contributed by atoms with Crippen LogP contribution >= 0.6 is 0 Å². The lowest BCUT2D eigenvalue weighted by atomic mass is 10.0. The topological polar surface area (TPSA) is 57.6 Å². The van der Waals surface area contributed by atoms with Gasteiger partial charge in [-0.1, -0.05) is 12.5 Å². The molecular formula is C14H17NO3S. The van der Waals surface area contributed by atoms with E-state index in [4.69, 9.17) is 0 Å². The minimum atomic E-state index is -3.38. The van der Waals surface area contributed by atoms with Crippen molar-refractivity contribution >= 4 is 15.4 Å². The summed E-state index contributed by atoms with van der Waals surface area (Å²) in [7, 11) is -3.38. The van der Waals surface area contributed by atoms with Gasteiger partial charge < -0.3 is 5.11 Å². The van der Waals surface area contributed by atoms with Crippen molar-refractivity contribution in [2.24, 2.45) is 0 Å². The van der Waals surface area contributed by atoms with E-state index in [2.05, 4.69) is 4.90 Å². The third kappa shape index (κ3) is 2.28. The minimum absolute atomic E-state index is 0.0573. The number of hydrogen-bond acceptors (Lipinski definition) is 4. The summed E-state index contributed by atoms with van der Waals surface area (Å²) >= 11 is 0. The molecule has 5 heteroatoms. The second kappa shape index (κ2) is 4.65. The molecule has 2 aliphatic rings. The Bertz CT molecular complexity index is 628. The summed E-state index contributed by atoms with van der Waals surface area (Å²) in [6, 6.07) is 4.68. The summed E-state index contributed by atoms with van der Waals surface area (Å²) < 4.78 is 24.1. The Morgan fingerprint density at radius 2 is 1.89 bits per heavy atom. The number of phenolic OH excluding ortho intramolecular Hbond substituents is 1. The largest absolute Gasteiger partial charge is 0.507 e. The van der Waals surface area contributed by atoms with E-state index >= 15 is 0 Å². The molecule has 19 heavy (non-hydrogen) atoms. The molecule has 1 aromatic carbocycles. The quantitative estimate of drug-likeness (QED) is 0.899. The Hall–Kier alpha value is -1.33. The van der Waals surface area contributed by atoms with Gasteiger partial charge in [0.2, 0.25) is 9.84 Å². The lowest BCUT2D eigenvalue weighted by molar-refractivity contribution is 0.255. The lowest BCUT2D eigenvalue weighted by Crippen LogP contribution is -2.30. The van der Waals surface area contributed by atoms with E-state index in [1.807, 2.05) is 0 Å². The van der Waals surface area contributed by atoms with Gasteiger partial charge in [0.15, 0.2) is 0 Å². The first-order valence-electron chi connectivity index (χ1n) is 6.58. The Morgan fingerprint density at radius 3 is 2.63 bits per heavy atom. The number of piperidine rings is 1. The molecule has 0 unspecified atom stereocenters. The van der Waals surface area contributed by atoms with Crippen LogP contribution in [0.1, 0.15) is 24.8 Å². The van der Waals surface area contributed by atoms with Crippen molar-refractivity contribution in [3.8, 4) is 5.75 Å². The van der Waals surface area contributed by atoms with E-state index in [1.54, 1.807) is 18.2 Å². The average Bonchev–Trinajstić information content (AvgIpc) is 2.63. The zero-order valence-corrected chi connectivity index (χ0v) is 11.5. The molecule has 1 aromatic rings. The zero-order valence-electron chi connectivity index (χ0n) is 10.7. The number of likely N-dealkylation sites (tertiary alicyclic amines) is 1. The maximum atomic E-state index is 12.1. The maximum Gasteiger partial charge on any atom is 0.200 e. The number of nitrogens with zero attached hydrogens (tertiary/aromatic N) is 1. The van der Waals surface area contributed by atoms with Crippen molar-refractivity contribution in [2.45, 2.75) is 24.2 Å². The highest BCUT2D eigenvalue weighted by atomic mass is 32.2. The van der Waals surface area contributed by atoms with Gasteiger partial charge in [0.05, 0.1) is 4.90 Å². The molecule has 0 radical (unpaired) electrons. The molecule has 1 saturated heterocycles. The van der Waals surface area contributed by atoms with Crippen LogP contribution in [0, 0.1) is 0 Å². The summed E-state index contributed by atoms with van der Waals surface area (Å²) in [5.74, 6) is 0.0573. The lowest BCUT2D eigenvalue weighted by Gasteiger charge is -2.26. The van der Waals surface area contributed by atoms with Gasteiger partial charge in [-0.3, -0.25) is 4.90 Å².